The summed E-state index contributed by atoms with van der Waals surface area (Å²) in [6.45, 7) is 4.96. The zero-order valence-electron chi connectivity index (χ0n) is 57.6. The van der Waals surface area contributed by atoms with Gasteiger partial charge in [-0.1, -0.05) is 334 Å². The predicted octanol–water partition coefficient (Wildman–Crippen LogP) is 23.4. The lowest BCUT2D eigenvalue weighted by atomic mass is 10.0. The van der Waals surface area contributed by atoms with Crippen LogP contribution in [-0.2, 0) is 33.3 Å². The first-order valence-corrected chi connectivity index (χ1v) is 37.5. The standard InChI is InChI=1S/C76H145NO8/c1-6-8-10-12-14-16-18-20-22-24-26-28-30-32-34-36-37-39-41-43-45-47-49-51-53-55-57-59-61-63-65-67-74(79)85-72(71-84-76(75(80)81)82-69-68-77(3,4)5)70-83-73(78)66-64-62-60-58-56-54-52-50-48-46-44-42-40-38-35-33-31-29-27-25-23-21-19-17-15-13-11-9-7-2/h24-27,72,76H,6-23,28-71H2,1-5H3/p+1/b26-24-,27-25-. The van der Waals surface area contributed by atoms with Crippen LogP contribution in [0.5, 0.6) is 0 Å². The van der Waals surface area contributed by atoms with Gasteiger partial charge in [0, 0.05) is 12.8 Å². The maximum atomic E-state index is 13.0. The molecule has 0 aromatic rings. The average Bonchev–Trinajstić information content (AvgIpc) is 3.49. The zero-order valence-corrected chi connectivity index (χ0v) is 57.6. The van der Waals surface area contributed by atoms with E-state index < -0.39 is 18.4 Å². The number of carboxylic acid groups (broad SMARTS) is 1. The number of hydrogen-bond donors (Lipinski definition) is 1. The Balaban J connectivity index is 4.02. The molecule has 502 valence electrons. The molecule has 9 heteroatoms. The normalized spacial score (nSPS) is 12.7. The number of likely N-dealkylation sites (N-methyl/N-ethyl adjacent to an activating group) is 1. The SMILES string of the molecule is CCCCCCCCCC/C=C\CCCCCCCCCCCCCCCCCCCCCC(=O)OC(COC(=O)CCCCCCCCCCCCCCCCCCC/C=C\CCCCCCCCCC)COC(OCC[N+](C)(C)C)C(=O)O. The third-order valence-electron chi connectivity index (χ3n) is 17.2. The van der Waals surface area contributed by atoms with Crippen molar-refractivity contribution in [1.82, 2.24) is 0 Å². The Kier molecular flexibility index (Phi) is 65.9. The molecule has 0 aromatic heterocycles. The van der Waals surface area contributed by atoms with Crippen molar-refractivity contribution in [3.8, 4) is 0 Å². The van der Waals surface area contributed by atoms with E-state index in [1.165, 1.54) is 321 Å². The summed E-state index contributed by atoms with van der Waals surface area (Å²) in [4.78, 5) is 37.7. The lowest BCUT2D eigenvalue weighted by molar-refractivity contribution is -0.870. The van der Waals surface area contributed by atoms with E-state index in [-0.39, 0.29) is 38.2 Å². The zero-order chi connectivity index (χ0) is 61.9. The quantitative estimate of drug-likeness (QED) is 0.0211. The molecular weight excluding hydrogens is 1050 g/mol. The lowest BCUT2D eigenvalue weighted by Gasteiger charge is -2.25. The van der Waals surface area contributed by atoms with Crippen LogP contribution in [-0.4, -0.2) is 87.4 Å². The topological polar surface area (TPSA) is 108 Å². The van der Waals surface area contributed by atoms with Crippen molar-refractivity contribution in [3.63, 3.8) is 0 Å². The van der Waals surface area contributed by atoms with Crippen LogP contribution in [0.15, 0.2) is 24.3 Å². The molecule has 0 bridgehead atoms. The minimum Gasteiger partial charge on any atom is -0.477 e. The summed E-state index contributed by atoms with van der Waals surface area (Å²) in [5.41, 5.74) is 0. The number of unbranched alkanes of at least 4 members (excludes halogenated alkanes) is 52. The van der Waals surface area contributed by atoms with E-state index >= 15 is 0 Å². The molecule has 0 saturated heterocycles. The minimum absolute atomic E-state index is 0.175. The summed E-state index contributed by atoms with van der Waals surface area (Å²) in [7, 11) is 6.00. The second-order valence-corrected chi connectivity index (χ2v) is 27.0. The lowest BCUT2D eigenvalue weighted by Crippen LogP contribution is -2.40. The summed E-state index contributed by atoms with van der Waals surface area (Å²) in [5, 5.41) is 9.76. The number of carbonyl (C=O) groups excluding carboxylic acids is 2. The fourth-order valence-electron chi connectivity index (χ4n) is 11.4. The molecule has 2 atom stereocenters. The van der Waals surface area contributed by atoms with Gasteiger partial charge in [0.1, 0.15) is 13.2 Å². The number of allylic oxidation sites excluding steroid dienone is 4. The maximum absolute atomic E-state index is 13.0. The van der Waals surface area contributed by atoms with Crippen molar-refractivity contribution >= 4 is 17.9 Å². The van der Waals surface area contributed by atoms with Crippen LogP contribution in [0.4, 0.5) is 0 Å². The summed E-state index contributed by atoms with van der Waals surface area (Å²) >= 11 is 0. The average molecular weight is 1200 g/mol. The van der Waals surface area contributed by atoms with E-state index in [4.69, 9.17) is 18.9 Å². The molecule has 9 nitrogen and oxygen atoms in total. The van der Waals surface area contributed by atoms with E-state index in [1.807, 2.05) is 21.1 Å². The molecule has 85 heavy (non-hydrogen) atoms. The third-order valence-corrected chi connectivity index (χ3v) is 17.2. The van der Waals surface area contributed by atoms with E-state index in [0.29, 0.717) is 17.4 Å². The van der Waals surface area contributed by atoms with Gasteiger partial charge in [0.05, 0.1) is 34.4 Å². The van der Waals surface area contributed by atoms with E-state index in [2.05, 4.69) is 38.2 Å². The Labute approximate surface area is 528 Å². The molecule has 1 N–H and O–H groups in total. The minimum atomic E-state index is -1.51. The molecule has 0 spiro atoms. The van der Waals surface area contributed by atoms with Crippen molar-refractivity contribution in [2.24, 2.45) is 0 Å². The summed E-state index contributed by atoms with van der Waals surface area (Å²) in [6, 6.07) is 0. The Bertz CT molecular complexity index is 1440. The van der Waals surface area contributed by atoms with Gasteiger partial charge in [-0.25, -0.2) is 4.79 Å². The fourth-order valence-corrected chi connectivity index (χ4v) is 11.4. The Morgan fingerprint density at radius 1 is 0.341 bits per heavy atom. The van der Waals surface area contributed by atoms with Crippen molar-refractivity contribution in [2.75, 3.05) is 47.5 Å². The molecular formula is C76H146NO8+. The second-order valence-electron chi connectivity index (χ2n) is 27.0. The molecule has 0 heterocycles. The van der Waals surface area contributed by atoms with Crippen molar-refractivity contribution in [3.05, 3.63) is 24.3 Å². The number of rotatable bonds is 71. The van der Waals surface area contributed by atoms with E-state index in [1.54, 1.807) is 0 Å². The molecule has 0 aliphatic heterocycles. The summed E-state index contributed by atoms with van der Waals surface area (Å²) in [6.07, 6.45) is 81.7. The molecule has 0 aliphatic carbocycles. The van der Waals surface area contributed by atoms with Crippen LogP contribution < -0.4 is 0 Å². The molecule has 0 fully saturated rings. The summed E-state index contributed by atoms with van der Waals surface area (Å²) in [5.74, 6) is -1.97. The molecule has 0 saturated carbocycles. The van der Waals surface area contributed by atoms with Gasteiger partial charge in [0.15, 0.2) is 6.10 Å². The van der Waals surface area contributed by atoms with Gasteiger partial charge in [0.2, 0.25) is 0 Å². The Morgan fingerprint density at radius 2 is 0.600 bits per heavy atom. The number of hydrogen-bond acceptors (Lipinski definition) is 7. The number of quaternary nitrogens is 1. The van der Waals surface area contributed by atoms with Crippen LogP contribution >= 0.6 is 0 Å². The van der Waals surface area contributed by atoms with Gasteiger partial charge < -0.3 is 28.5 Å². The first-order valence-electron chi connectivity index (χ1n) is 37.5. The fraction of sp³-hybridized carbons (Fsp3) is 0.908. The summed E-state index contributed by atoms with van der Waals surface area (Å²) < 4.78 is 23.0. The van der Waals surface area contributed by atoms with Crippen molar-refractivity contribution < 1.29 is 42.9 Å². The largest absolute Gasteiger partial charge is 0.477 e. The first-order chi connectivity index (χ1) is 41.6. The van der Waals surface area contributed by atoms with Gasteiger partial charge in [0.25, 0.3) is 6.29 Å². The van der Waals surface area contributed by atoms with Crippen LogP contribution in [0.1, 0.15) is 386 Å². The molecule has 0 aromatic carbocycles. The number of carbonyl (C=O) groups is 3. The number of aliphatic carboxylic acids is 1. The molecule has 0 amide bonds. The van der Waals surface area contributed by atoms with Crippen LogP contribution in [0.3, 0.4) is 0 Å². The highest BCUT2D eigenvalue weighted by molar-refractivity contribution is 5.71. The maximum Gasteiger partial charge on any atom is 0.361 e. The van der Waals surface area contributed by atoms with Gasteiger partial charge in [-0.05, 0) is 64.2 Å². The van der Waals surface area contributed by atoms with Crippen LogP contribution in [0.2, 0.25) is 0 Å². The highest BCUT2D eigenvalue weighted by atomic mass is 16.7. The van der Waals surface area contributed by atoms with Crippen LogP contribution in [0, 0.1) is 0 Å². The second kappa shape index (κ2) is 67.7. The molecule has 2 unspecified atom stereocenters. The first kappa shape index (κ1) is 82.8. The van der Waals surface area contributed by atoms with Gasteiger partial charge in [-0.3, -0.25) is 9.59 Å². The number of esters is 2. The highest BCUT2D eigenvalue weighted by Gasteiger charge is 2.25. The number of carboxylic acids is 1. The third kappa shape index (κ3) is 69.1. The smallest absolute Gasteiger partial charge is 0.361 e. The molecule has 0 radical (unpaired) electrons. The van der Waals surface area contributed by atoms with E-state index in [9.17, 15) is 19.5 Å². The highest BCUT2D eigenvalue weighted by Crippen LogP contribution is 2.19. The van der Waals surface area contributed by atoms with Crippen LogP contribution in [0.25, 0.3) is 0 Å². The van der Waals surface area contributed by atoms with Gasteiger partial charge in [-0.2, -0.15) is 0 Å². The Hall–Kier alpha value is -2.23. The van der Waals surface area contributed by atoms with Gasteiger partial charge in [-0.15, -0.1) is 0 Å². The molecule has 0 rings (SSSR count). The van der Waals surface area contributed by atoms with Gasteiger partial charge >= 0.3 is 17.9 Å². The Morgan fingerprint density at radius 3 is 0.871 bits per heavy atom. The molecule has 0 aliphatic rings. The van der Waals surface area contributed by atoms with E-state index in [0.717, 1.165) is 38.5 Å². The van der Waals surface area contributed by atoms with Crippen molar-refractivity contribution in [1.29, 1.82) is 0 Å². The van der Waals surface area contributed by atoms with Crippen molar-refractivity contribution in [2.45, 2.75) is 399 Å². The number of nitrogens with zero attached hydrogens (tertiary/aromatic N) is 1. The number of ether oxygens (including phenoxy) is 4. The monoisotopic (exact) mass is 1200 g/mol. The predicted molar refractivity (Wildman–Crippen MR) is 364 cm³/mol.